The molecule has 4 rings (SSSR count). The van der Waals surface area contributed by atoms with Crippen molar-refractivity contribution in [2.45, 2.75) is 101 Å². The number of carbonyl (C=O) groups excluding carboxylic acids is 3. The predicted molar refractivity (Wildman–Crippen MR) is 118 cm³/mol. The van der Waals surface area contributed by atoms with E-state index in [9.17, 15) is 36.7 Å². The fourth-order valence-electron chi connectivity index (χ4n) is 6.43. The second kappa shape index (κ2) is 10.0. The molecular weight excluding hydrogens is 522 g/mol. The monoisotopic (exact) mass is 554 g/mol. The summed E-state index contributed by atoms with van der Waals surface area (Å²) in [6.45, 7) is 2.58. The van der Waals surface area contributed by atoms with Crippen LogP contribution in [0, 0.1) is 23.7 Å². The summed E-state index contributed by atoms with van der Waals surface area (Å²) in [7, 11) is -5.81. The molecule has 3 saturated carbocycles. The number of rotatable bonds is 11. The van der Waals surface area contributed by atoms with Gasteiger partial charge in [0.15, 0.2) is 12.4 Å². The molecule has 1 saturated heterocycles. The highest BCUT2D eigenvalue weighted by atomic mass is 32.2. The van der Waals surface area contributed by atoms with Crippen molar-refractivity contribution in [2.24, 2.45) is 23.7 Å². The SMILES string of the molecule is CCC1(OC(O)C2C3CC4C2OC(=O)C4C3OC(=O)CCC(=O)OC(C)C(F)(F)S(=O)(=O)O)CCCC1. The van der Waals surface area contributed by atoms with Crippen LogP contribution in [-0.2, 0) is 43.4 Å². The van der Waals surface area contributed by atoms with Crippen LogP contribution in [0.25, 0.3) is 0 Å². The molecule has 1 aliphatic heterocycles. The Labute approximate surface area is 212 Å². The van der Waals surface area contributed by atoms with Gasteiger partial charge in [0.05, 0.1) is 24.4 Å². The minimum Gasteiger partial charge on any atom is -0.461 e. The molecule has 0 radical (unpaired) electrons. The first-order valence-corrected chi connectivity index (χ1v) is 13.9. The molecule has 210 valence electrons. The Balaban J connectivity index is 1.35. The second-order valence-corrected chi connectivity index (χ2v) is 11.9. The summed E-state index contributed by atoms with van der Waals surface area (Å²) in [5.74, 6) is -4.65. The predicted octanol–water partition coefficient (Wildman–Crippen LogP) is 1.96. The third-order valence-corrected chi connectivity index (χ3v) is 9.41. The zero-order valence-corrected chi connectivity index (χ0v) is 21.3. The van der Waals surface area contributed by atoms with Crippen molar-refractivity contribution >= 4 is 28.0 Å². The Kier molecular flexibility index (Phi) is 7.60. The average Bonchev–Trinajstić information content (AvgIpc) is 3.54. The standard InChI is InChI=1S/C23H32F2O11S/c1-3-22(8-4-5-9-22)36-21(29)17-13-10-12-16(20(28)35-19(12)17)18(13)34-15(27)7-6-14(26)33-11(2)23(24,25)37(30,31)32/h11-13,16-19,21,29H,3-10H2,1-2H3,(H,30,31,32). The number of esters is 3. The number of aliphatic hydroxyl groups is 1. The molecule has 4 aliphatic rings. The lowest BCUT2D eigenvalue weighted by molar-refractivity contribution is -0.233. The summed E-state index contributed by atoms with van der Waals surface area (Å²) in [5.41, 5.74) is -0.445. The highest BCUT2D eigenvalue weighted by molar-refractivity contribution is 7.86. The number of aliphatic hydroxyl groups excluding tert-OH is 1. The zero-order valence-electron chi connectivity index (χ0n) is 20.5. The van der Waals surface area contributed by atoms with Crippen molar-refractivity contribution in [3.05, 3.63) is 0 Å². The quantitative estimate of drug-likeness (QED) is 0.166. The van der Waals surface area contributed by atoms with Crippen LogP contribution in [-0.4, -0.2) is 71.4 Å². The summed E-state index contributed by atoms with van der Waals surface area (Å²) in [5, 5.41) is 6.31. The summed E-state index contributed by atoms with van der Waals surface area (Å²) in [4.78, 5) is 36.9. The first-order chi connectivity index (χ1) is 17.2. The minimum atomic E-state index is -5.81. The maximum Gasteiger partial charge on any atom is 0.405 e. The third kappa shape index (κ3) is 5.09. The molecule has 0 aromatic rings. The van der Waals surface area contributed by atoms with Crippen molar-refractivity contribution in [3.63, 3.8) is 0 Å². The van der Waals surface area contributed by atoms with E-state index in [-0.39, 0.29) is 5.92 Å². The van der Waals surface area contributed by atoms with Gasteiger partial charge in [0.2, 0.25) is 0 Å². The Hall–Kier alpha value is -1.90. The molecule has 0 aromatic heterocycles. The minimum absolute atomic E-state index is 0.242. The summed E-state index contributed by atoms with van der Waals surface area (Å²) >= 11 is 0. The van der Waals surface area contributed by atoms with Crippen molar-refractivity contribution in [1.29, 1.82) is 0 Å². The zero-order chi connectivity index (χ0) is 27.3. The second-order valence-electron chi connectivity index (χ2n) is 10.4. The van der Waals surface area contributed by atoms with Crippen LogP contribution in [0.15, 0.2) is 0 Å². The van der Waals surface area contributed by atoms with E-state index < -0.39 is 94.1 Å². The highest BCUT2D eigenvalue weighted by Crippen LogP contribution is 2.60. The lowest BCUT2D eigenvalue weighted by Gasteiger charge is -2.38. The summed E-state index contributed by atoms with van der Waals surface area (Å²) in [6.07, 6.45) is -1.58. The Bertz CT molecular complexity index is 1030. The molecule has 0 amide bonds. The third-order valence-electron chi connectivity index (χ3n) is 8.39. The van der Waals surface area contributed by atoms with E-state index in [0.29, 0.717) is 13.3 Å². The largest absolute Gasteiger partial charge is 0.461 e. The molecule has 8 atom stereocenters. The van der Waals surface area contributed by atoms with Crippen LogP contribution in [0.5, 0.6) is 0 Å². The van der Waals surface area contributed by atoms with Gasteiger partial charge in [-0.25, -0.2) is 0 Å². The Morgan fingerprint density at radius 1 is 1.19 bits per heavy atom. The molecule has 2 bridgehead atoms. The van der Waals surface area contributed by atoms with Crippen LogP contribution in [0.3, 0.4) is 0 Å². The molecule has 3 aliphatic carbocycles. The van der Waals surface area contributed by atoms with Crippen LogP contribution in [0.4, 0.5) is 8.78 Å². The Morgan fingerprint density at radius 2 is 1.81 bits per heavy atom. The van der Waals surface area contributed by atoms with Gasteiger partial charge in [-0.15, -0.1) is 0 Å². The summed E-state index contributed by atoms with van der Waals surface area (Å²) < 4.78 is 78.8. The van der Waals surface area contributed by atoms with Gasteiger partial charge in [-0.3, -0.25) is 18.9 Å². The fraction of sp³-hybridized carbons (Fsp3) is 0.870. The van der Waals surface area contributed by atoms with Crippen molar-refractivity contribution in [2.75, 3.05) is 0 Å². The van der Waals surface area contributed by atoms with Gasteiger partial charge in [0.1, 0.15) is 18.1 Å². The van der Waals surface area contributed by atoms with Gasteiger partial charge in [-0.2, -0.15) is 17.2 Å². The number of fused-ring (bicyclic) bond motifs is 1. The number of alkyl halides is 2. The molecule has 0 aromatic carbocycles. The van der Waals surface area contributed by atoms with Crippen LogP contribution in [0.2, 0.25) is 0 Å². The smallest absolute Gasteiger partial charge is 0.405 e. The van der Waals surface area contributed by atoms with Gasteiger partial charge in [-0.1, -0.05) is 19.8 Å². The van der Waals surface area contributed by atoms with E-state index in [2.05, 4.69) is 4.74 Å². The molecule has 4 fully saturated rings. The van der Waals surface area contributed by atoms with Crippen LogP contribution < -0.4 is 0 Å². The molecule has 2 N–H and O–H groups in total. The van der Waals surface area contributed by atoms with Crippen LogP contribution in [0.1, 0.15) is 65.2 Å². The lowest BCUT2D eigenvalue weighted by Crippen LogP contribution is -2.47. The Morgan fingerprint density at radius 3 is 2.41 bits per heavy atom. The first-order valence-electron chi connectivity index (χ1n) is 12.5. The van der Waals surface area contributed by atoms with E-state index >= 15 is 0 Å². The lowest BCUT2D eigenvalue weighted by atomic mass is 9.79. The van der Waals surface area contributed by atoms with E-state index in [0.717, 1.165) is 32.1 Å². The van der Waals surface area contributed by atoms with E-state index in [1.165, 1.54) is 0 Å². The van der Waals surface area contributed by atoms with E-state index in [1.54, 1.807) is 0 Å². The van der Waals surface area contributed by atoms with Gasteiger partial charge in [-0.05, 0) is 32.6 Å². The van der Waals surface area contributed by atoms with Gasteiger partial charge < -0.3 is 24.1 Å². The molecule has 11 nitrogen and oxygen atoms in total. The molecule has 8 unspecified atom stereocenters. The van der Waals surface area contributed by atoms with Crippen molar-refractivity contribution < 1.29 is 60.2 Å². The van der Waals surface area contributed by atoms with Gasteiger partial charge in [0, 0.05) is 11.8 Å². The molecule has 14 heteroatoms. The topological polar surface area (TPSA) is 163 Å². The summed E-state index contributed by atoms with van der Waals surface area (Å²) in [6, 6.07) is 0. The number of halogens is 2. The van der Waals surface area contributed by atoms with Gasteiger partial charge >= 0.3 is 33.3 Å². The number of hydrogen-bond donors (Lipinski definition) is 2. The van der Waals surface area contributed by atoms with Gasteiger partial charge in [0.25, 0.3) is 0 Å². The first kappa shape index (κ1) is 28.1. The highest BCUT2D eigenvalue weighted by Gasteiger charge is 2.70. The molecule has 37 heavy (non-hydrogen) atoms. The maximum atomic E-state index is 13.6. The number of carbonyl (C=O) groups is 3. The van der Waals surface area contributed by atoms with Crippen molar-refractivity contribution in [3.8, 4) is 0 Å². The number of ether oxygens (including phenoxy) is 4. The molecular formula is C23H32F2O11S. The number of hydrogen-bond acceptors (Lipinski definition) is 10. The normalized spacial score (nSPS) is 33.7. The van der Waals surface area contributed by atoms with Crippen molar-refractivity contribution in [1.82, 2.24) is 0 Å². The molecule has 0 spiro atoms. The van der Waals surface area contributed by atoms with E-state index in [4.69, 9.17) is 18.8 Å². The fourth-order valence-corrected chi connectivity index (χ4v) is 6.90. The maximum absolute atomic E-state index is 13.6. The van der Waals surface area contributed by atoms with Crippen LogP contribution >= 0.6 is 0 Å². The molecule has 1 heterocycles. The average molecular weight is 555 g/mol. The van der Waals surface area contributed by atoms with E-state index in [1.807, 2.05) is 6.92 Å².